The van der Waals surface area contributed by atoms with E-state index in [2.05, 4.69) is 15.2 Å². The van der Waals surface area contributed by atoms with Crippen LogP contribution in [0, 0.1) is 0 Å². The van der Waals surface area contributed by atoms with Crippen molar-refractivity contribution in [3.63, 3.8) is 0 Å². The minimum absolute atomic E-state index is 0.0963. The molecule has 3 aromatic heterocycles. The molecule has 8 nitrogen and oxygen atoms in total. The van der Waals surface area contributed by atoms with E-state index in [9.17, 15) is 22.4 Å². The highest BCUT2D eigenvalue weighted by Gasteiger charge is 2.43. The molecule has 1 amide bonds. The first kappa shape index (κ1) is 27.2. The molecule has 0 aromatic carbocycles. The fraction of sp³-hybridized carbons (Fsp3) is 0.481. The van der Waals surface area contributed by atoms with Crippen molar-refractivity contribution in [2.24, 2.45) is 0 Å². The maximum Gasteiger partial charge on any atom is 0.295 e. The molecule has 3 aromatic rings. The van der Waals surface area contributed by atoms with Crippen LogP contribution in [0.1, 0.15) is 26.0 Å². The van der Waals surface area contributed by atoms with E-state index in [-0.39, 0.29) is 25.2 Å². The Morgan fingerprint density at radius 1 is 1.10 bits per heavy atom. The van der Waals surface area contributed by atoms with Gasteiger partial charge in [-0.05, 0) is 44.2 Å². The molecule has 0 saturated carbocycles. The van der Waals surface area contributed by atoms with Gasteiger partial charge in [0, 0.05) is 43.7 Å². The van der Waals surface area contributed by atoms with Crippen LogP contribution in [0.5, 0.6) is 0 Å². The molecule has 1 N–H and O–H groups in total. The predicted octanol–water partition coefficient (Wildman–Crippen LogP) is 3.90. The van der Waals surface area contributed by atoms with Crippen LogP contribution in [-0.4, -0.2) is 82.7 Å². The largest absolute Gasteiger partial charge is 0.372 e. The van der Waals surface area contributed by atoms with Crippen LogP contribution in [0.3, 0.4) is 0 Å². The van der Waals surface area contributed by atoms with Crippen molar-refractivity contribution in [3.8, 4) is 11.4 Å². The monoisotopic (exact) mass is 546 g/mol. The van der Waals surface area contributed by atoms with Gasteiger partial charge in [0.2, 0.25) is 5.91 Å². The SMILES string of the molecule is C[C@@H]1CN(c2cccc(-c3ccc4cnc(CC(=O)N[C@H]5CN(C(F)F)CC(F)(F)C5)cc4n3)n2)C[C@H](C)O1. The first-order valence-corrected chi connectivity index (χ1v) is 12.9. The van der Waals surface area contributed by atoms with Gasteiger partial charge in [-0.3, -0.25) is 9.78 Å². The number of carbonyl (C=O) groups excluding carboxylic acids is 1. The van der Waals surface area contributed by atoms with Gasteiger partial charge in [-0.2, -0.15) is 8.78 Å². The minimum Gasteiger partial charge on any atom is -0.372 e. The van der Waals surface area contributed by atoms with Gasteiger partial charge in [0.05, 0.1) is 47.8 Å². The Hall–Kier alpha value is -3.38. The van der Waals surface area contributed by atoms with Crippen LogP contribution in [0.4, 0.5) is 23.4 Å². The fourth-order valence-corrected chi connectivity index (χ4v) is 5.23. The number of anilines is 1. The first-order chi connectivity index (χ1) is 18.5. The van der Waals surface area contributed by atoms with Crippen molar-refractivity contribution < 1.29 is 27.1 Å². The summed E-state index contributed by atoms with van der Waals surface area (Å²) in [5, 5.41) is 3.22. The third kappa shape index (κ3) is 6.62. The highest BCUT2D eigenvalue weighted by molar-refractivity contribution is 5.83. The topological polar surface area (TPSA) is 83.5 Å². The number of piperidine rings is 1. The lowest BCUT2D eigenvalue weighted by Crippen LogP contribution is -2.56. The number of halogens is 4. The number of pyridine rings is 3. The average molecular weight is 547 g/mol. The average Bonchev–Trinajstić information content (AvgIpc) is 2.86. The summed E-state index contributed by atoms with van der Waals surface area (Å²) in [5.74, 6) is -3.04. The second-order valence-electron chi connectivity index (χ2n) is 10.3. The van der Waals surface area contributed by atoms with E-state index in [4.69, 9.17) is 14.7 Å². The third-order valence-corrected chi connectivity index (χ3v) is 6.79. The highest BCUT2D eigenvalue weighted by Crippen LogP contribution is 2.29. The Kier molecular flexibility index (Phi) is 7.68. The van der Waals surface area contributed by atoms with Gasteiger partial charge in [-0.15, -0.1) is 0 Å². The first-order valence-electron chi connectivity index (χ1n) is 12.9. The summed E-state index contributed by atoms with van der Waals surface area (Å²) >= 11 is 0. The molecule has 3 atom stereocenters. The number of fused-ring (bicyclic) bond motifs is 1. The molecule has 208 valence electrons. The molecule has 0 unspecified atom stereocenters. The zero-order chi connectivity index (χ0) is 27.7. The van der Waals surface area contributed by atoms with Crippen molar-refractivity contribution in [1.29, 1.82) is 0 Å². The molecule has 39 heavy (non-hydrogen) atoms. The molecule has 0 aliphatic carbocycles. The van der Waals surface area contributed by atoms with Gasteiger partial charge < -0.3 is 15.0 Å². The van der Waals surface area contributed by atoms with Crippen molar-refractivity contribution in [3.05, 3.63) is 48.3 Å². The number of ether oxygens (including phenoxy) is 1. The van der Waals surface area contributed by atoms with E-state index in [0.717, 1.165) is 24.3 Å². The van der Waals surface area contributed by atoms with Gasteiger partial charge in [0.1, 0.15) is 5.82 Å². The number of hydrogen-bond acceptors (Lipinski definition) is 7. The Morgan fingerprint density at radius 2 is 1.85 bits per heavy atom. The summed E-state index contributed by atoms with van der Waals surface area (Å²) in [6.07, 6.45) is 0.895. The zero-order valence-electron chi connectivity index (χ0n) is 21.7. The molecule has 0 radical (unpaired) electrons. The molecule has 0 spiro atoms. The summed E-state index contributed by atoms with van der Waals surface area (Å²) in [6.45, 7) is 1.15. The molecule has 2 fully saturated rings. The summed E-state index contributed by atoms with van der Waals surface area (Å²) in [5.41, 5.74) is 2.33. The lowest BCUT2D eigenvalue weighted by atomic mass is 10.0. The number of nitrogens with one attached hydrogen (secondary N) is 1. The van der Waals surface area contributed by atoms with Crippen LogP contribution in [-0.2, 0) is 16.0 Å². The van der Waals surface area contributed by atoms with E-state index < -0.39 is 37.4 Å². The Morgan fingerprint density at radius 3 is 2.59 bits per heavy atom. The third-order valence-electron chi connectivity index (χ3n) is 6.79. The van der Waals surface area contributed by atoms with E-state index >= 15 is 0 Å². The van der Waals surface area contributed by atoms with Gasteiger partial charge >= 0.3 is 0 Å². The lowest BCUT2D eigenvalue weighted by Gasteiger charge is -2.37. The second kappa shape index (κ2) is 11.0. The Bertz CT molecular complexity index is 1330. The van der Waals surface area contributed by atoms with Crippen molar-refractivity contribution >= 4 is 22.6 Å². The second-order valence-corrected chi connectivity index (χ2v) is 10.3. The molecule has 2 saturated heterocycles. The standard InChI is InChI=1S/C27H30F4N6O2/c1-16-12-36(13-17(2)39-16)24-5-3-4-21(35-24)22-7-6-18-11-32-19(8-23(18)34-22)9-25(38)33-20-10-27(30,31)15-37(14-20)26(28)29/h3-8,11,16-17,20,26H,9-10,12-15H2,1-2H3,(H,33,38)/t16-,17+,20-/m1/s1. The van der Waals surface area contributed by atoms with Crippen molar-refractivity contribution in [2.75, 3.05) is 31.1 Å². The Labute approximate surface area is 223 Å². The number of rotatable bonds is 6. The van der Waals surface area contributed by atoms with E-state index in [1.807, 2.05) is 44.2 Å². The van der Waals surface area contributed by atoms with E-state index in [0.29, 0.717) is 27.5 Å². The lowest BCUT2D eigenvalue weighted by molar-refractivity contribution is -0.140. The maximum absolute atomic E-state index is 13.9. The molecule has 2 aliphatic rings. The predicted molar refractivity (Wildman–Crippen MR) is 138 cm³/mol. The summed E-state index contributed by atoms with van der Waals surface area (Å²) in [7, 11) is 0. The number of aromatic nitrogens is 3. The van der Waals surface area contributed by atoms with Crippen LogP contribution < -0.4 is 10.2 Å². The normalized spacial score (nSPS) is 23.8. The van der Waals surface area contributed by atoms with Gasteiger partial charge in [0.25, 0.3) is 12.5 Å². The number of likely N-dealkylation sites (tertiary alicyclic amines) is 1. The molecular weight excluding hydrogens is 516 g/mol. The summed E-state index contributed by atoms with van der Waals surface area (Å²) in [6, 6.07) is 10.1. The van der Waals surface area contributed by atoms with Crippen LogP contribution in [0.2, 0.25) is 0 Å². The minimum atomic E-state index is -3.31. The van der Waals surface area contributed by atoms with Gasteiger partial charge in [-0.25, -0.2) is 23.6 Å². The molecule has 5 heterocycles. The van der Waals surface area contributed by atoms with E-state index in [1.54, 1.807) is 12.3 Å². The highest BCUT2D eigenvalue weighted by atomic mass is 19.3. The summed E-state index contributed by atoms with van der Waals surface area (Å²) < 4.78 is 59.7. The molecule has 0 bridgehead atoms. The number of amides is 1. The fourth-order valence-electron chi connectivity index (χ4n) is 5.23. The smallest absolute Gasteiger partial charge is 0.295 e. The number of morpholine rings is 1. The number of carbonyl (C=O) groups is 1. The maximum atomic E-state index is 13.9. The molecule has 2 aliphatic heterocycles. The number of alkyl halides is 4. The van der Waals surface area contributed by atoms with E-state index in [1.165, 1.54) is 0 Å². The summed E-state index contributed by atoms with van der Waals surface area (Å²) in [4.78, 5) is 29.0. The number of nitrogens with zero attached hydrogens (tertiary/aromatic N) is 5. The molecule has 5 rings (SSSR count). The van der Waals surface area contributed by atoms with Crippen molar-refractivity contribution in [1.82, 2.24) is 25.2 Å². The van der Waals surface area contributed by atoms with Crippen molar-refractivity contribution in [2.45, 2.75) is 57.4 Å². The van der Waals surface area contributed by atoms with Crippen LogP contribution in [0.15, 0.2) is 42.6 Å². The van der Waals surface area contributed by atoms with Gasteiger partial charge in [0.15, 0.2) is 0 Å². The van der Waals surface area contributed by atoms with Crippen LogP contribution in [0.25, 0.3) is 22.3 Å². The number of hydrogen-bond donors (Lipinski definition) is 1. The molecule has 12 heteroatoms. The quantitative estimate of drug-likeness (QED) is 0.371. The molecular formula is C27H30F4N6O2. The van der Waals surface area contributed by atoms with Gasteiger partial charge in [-0.1, -0.05) is 6.07 Å². The zero-order valence-corrected chi connectivity index (χ0v) is 21.7. The van der Waals surface area contributed by atoms with Crippen LogP contribution >= 0.6 is 0 Å². The Balaban J connectivity index is 1.30.